The third-order valence-electron chi connectivity index (χ3n) is 0.360. The van der Waals surface area contributed by atoms with Crippen molar-refractivity contribution in [3.8, 4) is 0 Å². The summed E-state index contributed by atoms with van der Waals surface area (Å²) in [5.74, 6) is -6.41. The fourth-order valence-electron chi connectivity index (χ4n) is 0.104. The zero-order valence-electron chi connectivity index (χ0n) is 3.87. The van der Waals surface area contributed by atoms with Gasteiger partial charge in [0.05, 0.1) is 0 Å². The van der Waals surface area contributed by atoms with E-state index in [1.54, 1.807) is 0 Å². The minimum atomic E-state index is -4.16. The lowest BCUT2D eigenvalue weighted by atomic mass is 11.6. The molecule has 0 spiro atoms. The van der Waals surface area contributed by atoms with Crippen molar-refractivity contribution < 1.29 is 17.7 Å². The maximum absolute atomic E-state index is 11.3. The van der Waals surface area contributed by atoms with Crippen molar-refractivity contribution >= 4 is 27.8 Å². The number of alkyl halides is 3. The smallest absolute Gasteiger partial charge is 0.345 e. The standard InChI is InChI=1S/C2H3F3IOP/c1-7-8(6)2(3,4)5/h1H3. The maximum atomic E-state index is 11.3. The Kier molecular flexibility index (Phi) is 3.53. The maximum Gasteiger partial charge on any atom is 0.440 e. The lowest BCUT2D eigenvalue weighted by Crippen LogP contribution is -2.00. The number of hydrogen-bond acceptors (Lipinski definition) is 1. The van der Waals surface area contributed by atoms with Crippen LogP contribution in [0.25, 0.3) is 0 Å². The van der Waals surface area contributed by atoms with Gasteiger partial charge in [-0.25, -0.2) is 0 Å². The van der Waals surface area contributed by atoms with E-state index in [0.717, 1.165) is 7.11 Å². The van der Waals surface area contributed by atoms with Gasteiger partial charge in [0.15, 0.2) is 0 Å². The Morgan fingerprint density at radius 3 is 1.88 bits per heavy atom. The monoisotopic (exact) mass is 258 g/mol. The first-order valence-electron chi connectivity index (χ1n) is 1.55. The molecule has 1 atom stereocenters. The summed E-state index contributed by atoms with van der Waals surface area (Å²) in [5.41, 5.74) is 0. The van der Waals surface area contributed by atoms with Crippen LogP contribution in [-0.2, 0) is 4.52 Å². The van der Waals surface area contributed by atoms with Gasteiger partial charge in [0.1, 0.15) is 0 Å². The molecule has 0 N–H and O–H groups in total. The van der Waals surface area contributed by atoms with Crippen molar-refractivity contribution in [1.82, 2.24) is 0 Å². The van der Waals surface area contributed by atoms with Gasteiger partial charge in [-0.15, -0.1) is 0 Å². The van der Waals surface area contributed by atoms with Crippen LogP contribution in [0, 0.1) is 0 Å². The topological polar surface area (TPSA) is 9.23 Å². The molecule has 0 heterocycles. The zero-order chi connectivity index (χ0) is 6.78. The molecule has 0 aromatic heterocycles. The van der Waals surface area contributed by atoms with Gasteiger partial charge < -0.3 is 4.52 Å². The molecule has 1 unspecified atom stereocenters. The van der Waals surface area contributed by atoms with Gasteiger partial charge >= 0.3 is 5.92 Å². The molecular weight excluding hydrogens is 255 g/mol. The highest BCUT2D eigenvalue weighted by atomic mass is 127. The van der Waals surface area contributed by atoms with Crippen LogP contribution >= 0.6 is 27.8 Å². The van der Waals surface area contributed by atoms with Crippen LogP contribution < -0.4 is 0 Å². The summed E-state index contributed by atoms with van der Waals surface area (Å²) >= 11 is 1.23. The van der Waals surface area contributed by atoms with Crippen molar-refractivity contribution in [3.63, 3.8) is 0 Å². The van der Waals surface area contributed by atoms with E-state index in [2.05, 4.69) is 4.52 Å². The van der Waals surface area contributed by atoms with Crippen LogP contribution in [0.3, 0.4) is 0 Å². The SMILES string of the molecule is COP(I)C(F)(F)F. The Bertz CT molecular complexity index is 74.2. The van der Waals surface area contributed by atoms with Crippen LogP contribution in [0.4, 0.5) is 13.2 Å². The fraction of sp³-hybridized carbons (Fsp3) is 1.00. The molecule has 0 aliphatic heterocycles. The molecule has 1 nitrogen and oxygen atoms in total. The van der Waals surface area contributed by atoms with Crippen molar-refractivity contribution in [2.75, 3.05) is 7.11 Å². The van der Waals surface area contributed by atoms with E-state index in [1.165, 1.54) is 22.0 Å². The number of rotatable bonds is 1. The summed E-state index contributed by atoms with van der Waals surface area (Å²) in [5, 5.41) is 0. The second kappa shape index (κ2) is 3.17. The molecule has 50 valence electrons. The van der Waals surface area contributed by atoms with Crippen LogP contribution in [0.1, 0.15) is 0 Å². The minimum absolute atomic E-state index is 1.05. The minimum Gasteiger partial charge on any atom is -0.345 e. The Morgan fingerprint density at radius 2 is 1.88 bits per heavy atom. The normalized spacial score (nSPS) is 16.1. The van der Waals surface area contributed by atoms with Crippen LogP contribution in [0.15, 0.2) is 0 Å². The molecule has 0 saturated carbocycles. The van der Waals surface area contributed by atoms with Gasteiger partial charge in [0.25, 0.3) is 0 Å². The summed E-state index contributed by atoms with van der Waals surface area (Å²) in [6.07, 6.45) is 0. The molecule has 0 amide bonds. The first kappa shape index (κ1) is 8.91. The van der Waals surface area contributed by atoms with Gasteiger partial charge in [-0.1, -0.05) is 0 Å². The van der Waals surface area contributed by atoms with E-state index < -0.39 is 11.7 Å². The molecule has 0 rings (SSSR count). The molecule has 0 saturated heterocycles. The first-order valence-corrected chi connectivity index (χ1v) is 5.60. The highest BCUT2D eigenvalue weighted by Crippen LogP contribution is 2.59. The van der Waals surface area contributed by atoms with Crippen molar-refractivity contribution in [2.45, 2.75) is 5.92 Å². The van der Waals surface area contributed by atoms with E-state index in [4.69, 9.17) is 0 Å². The Balaban J connectivity index is 3.62. The second-order valence-electron chi connectivity index (χ2n) is 0.895. The van der Waals surface area contributed by atoms with Gasteiger partial charge in [0.2, 0.25) is 5.79 Å². The van der Waals surface area contributed by atoms with Crippen LogP contribution in [0.2, 0.25) is 0 Å². The Labute approximate surface area is 58.9 Å². The van der Waals surface area contributed by atoms with Crippen molar-refractivity contribution in [1.29, 1.82) is 0 Å². The first-order chi connectivity index (χ1) is 3.48. The Morgan fingerprint density at radius 1 is 1.50 bits per heavy atom. The molecule has 0 aromatic carbocycles. The summed E-state index contributed by atoms with van der Waals surface area (Å²) in [4.78, 5) is 0. The molecule has 0 aromatic rings. The summed E-state index contributed by atoms with van der Waals surface area (Å²) in [7, 11) is 1.05. The van der Waals surface area contributed by atoms with Crippen molar-refractivity contribution in [2.24, 2.45) is 0 Å². The molecule has 0 aliphatic rings. The van der Waals surface area contributed by atoms with E-state index in [1.807, 2.05) is 0 Å². The second-order valence-corrected chi connectivity index (χ2v) is 4.89. The zero-order valence-corrected chi connectivity index (χ0v) is 6.92. The molecular formula is C2H3F3IOP. The molecule has 6 heteroatoms. The van der Waals surface area contributed by atoms with Gasteiger partial charge in [0, 0.05) is 7.11 Å². The summed E-state index contributed by atoms with van der Waals surface area (Å²) in [6.45, 7) is 0. The van der Waals surface area contributed by atoms with Gasteiger partial charge in [-0.3, -0.25) is 0 Å². The number of halogens is 4. The summed E-state index contributed by atoms with van der Waals surface area (Å²) in [6, 6.07) is 0. The average molecular weight is 258 g/mol. The van der Waals surface area contributed by atoms with Gasteiger partial charge in [-0.2, -0.15) is 13.2 Å². The van der Waals surface area contributed by atoms with E-state index >= 15 is 0 Å². The van der Waals surface area contributed by atoms with E-state index in [-0.39, 0.29) is 0 Å². The molecule has 0 bridgehead atoms. The molecule has 0 fully saturated rings. The van der Waals surface area contributed by atoms with Crippen molar-refractivity contribution in [3.05, 3.63) is 0 Å². The predicted octanol–water partition coefficient (Wildman–Crippen LogP) is 2.90. The van der Waals surface area contributed by atoms with Gasteiger partial charge in [-0.05, 0) is 22.0 Å². The predicted molar refractivity (Wildman–Crippen MR) is 34.0 cm³/mol. The van der Waals surface area contributed by atoms with E-state index in [0.29, 0.717) is 0 Å². The van der Waals surface area contributed by atoms with E-state index in [9.17, 15) is 13.2 Å². The molecule has 0 radical (unpaired) electrons. The summed E-state index contributed by atoms with van der Waals surface area (Å²) < 4.78 is 38.1. The molecule has 8 heavy (non-hydrogen) atoms. The molecule has 0 aliphatic carbocycles. The largest absolute Gasteiger partial charge is 0.440 e. The quantitative estimate of drug-likeness (QED) is 0.519. The highest BCUT2D eigenvalue weighted by Gasteiger charge is 2.38. The van der Waals surface area contributed by atoms with Crippen LogP contribution in [-0.4, -0.2) is 13.0 Å². The lowest BCUT2D eigenvalue weighted by Gasteiger charge is -2.09. The number of hydrogen-bond donors (Lipinski definition) is 0. The fourth-order valence-corrected chi connectivity index (χ4v) is 0.311. The lowest BCUT2D eigenvalue weighted by molar-refractivity contribution is -0.0449. The third-order valence-corrected chi connectivity index (χ3v) is 3.90. The van der Waals surface area contributed by atoms with Crippen LogP contribution in [0.5, 0.6) is 0 Å². The third kappa shape index (κ3) is 3.04. The Hall–Kier alpha value is 0.910. The average Bonchev–Trinajstić information content (AvgIpc) is 1.62. The highest BCUT2D eigenvalue weighted by molar-refractivity contribution is 14.2.